The maximum Gasteiger partial charge on any atom is 0.272 e. The molecule has 0 bridgehead atoms. The minimum atomic E-state index is -1.14. The van der Waals surface area contributed by atoms with Crippen LogP contribution in [0.1, 0.15) is 26.4 Å². The standard InChI is InChI=1S/C17H10ClF2N3O2/c18-11-3-4-12(19)14(15(11)20)16(24)9-6-13(22-7-9)17(25)23-10-2-1-5-21-8-10/h1-8,22H,(H,23,25). The summed E-state index contributed by atoms with van der Waals surface area (Å²) in [6, 6.07) is 6.41. The molecule has 0 fully saturated rings. The van der Waals surface area contributed by atoms with E-state index in [1.807, 2.05) is 0 Å². The van der Waals surface area contributed by atoms with Gasteiger partial charge in [-0.15, -0.1) is 0 Å². The summed E-state index contributed by atoms with van der Waals surface area (Å²) in [5, 5.41) is 2.20. The van der Waals surface area contributed by atoms with Gasteiger partial charge in [-0.2, -0.15) is 0 Å². The fourth-order valence-electron chi connectivity index (χ4n) is 2.17. The first-order valence-electron chi connectivity index (χ1n) is 7.05. The number of pyridine rings is 1. The van der Waals surface area contributed by atoms with E-state index < -0.39 is 28.9 Å². The molecular formula is C17H10ClF2N3O2. The summed E-state index contributed by atoms with van der Waals surface area (Å²) in [5.41, 5.74) is -0.334. The molecule has 0 atom stereocenters. The fraction of sp³-hybridized carbons (Fsp3) is 0. The molecule has 0 saturated heterocycles. The quantitative estimate of drug-likeness (QED) is 0.548. The number of H-pyrrole nitrogens is 1. The van der Waals surface area contributed by atoms with Crippen LogP contribution in [0.2, 0.25) is 5.02 Å². The zero-order chi connectivity index (χ0) is 18.0. The van der Waals surface area contributed by atoms with E-state index in [0.29, 0.717) is 5.69 Å². The first-order chi connectivity index (χ1) is 12.0. The topological polar surface area (TPSA) is 74.8 Å². The van der Waals surface area contributed by atoms with Crippen LogP contribution in [0.5, 0.6) is 0 Å². The third kappa shape index (κ3) is 3.41. The van der Waals surface area contributed by atoms with Crippen LogP contribution in [0.3, 0.4) is 0 Å². The van der Waals surface area contributed by atoms with Crippen LogP contribution in [-0.2, 0) is 0 Å². The second-order valence-corrected chi connectivity index (χ2v) is 5.45. The number of hydrogen-bond donors (Lipinski definition) is 2. The molecule has 1 aromatic carbocycles. The highest BCUT2D eigenvalue weighted by Crippen LogP contribution is 2.24. The highest BCUT2D eigenvalue weighted by atomic mass is 35.5. The lowest BCUT2D eigenvalue weighted by Gasteiger charge is -2.04. The van der Waals surface area contributed by atoms with E-state index in [-0.39, 0.29) is 16.3 Å². The van der Waals surface area contributed by atoms with Crippen molar-refractivity contribution in [3.63, 3.8) is 0 Å². The molecular weight excluding hydrogens is 352 g/mol. The lowest BCUT2D eigenvalue weighted by molar-refractivity contribution is 0.102. The smallest absolute Gasteiger partial charge is 0.272 e. The number of ketones is 1. The average molecular weight is 362 g/mol. The van der Waals surface area contributed by atoms with Gasteiger partial charge in [-0.25, -0.2) is 8.78 Å². The number of aromatic nitrogens is 2. The van der Waals surface area contributed by atoms with Gasteiger partial charge in [0.05, 0.1) is 22.5 Å². The predicted molar refractivity (Wildman–Crippen MR) is 87.8 cm³/mol. The van der Waals surface area contributed by atoms with Crippen molar-refractivity contribution in [1.29, 1.82) is 0 Å². The molecule has 126 valence electrons. The van der Waals surface area contributed by atoms with Crippen molar-refractivity contribution >= 4 is 29.0 Å². The SMILES string of the molecule is O=C(Nc1cccnc1)c1cc(C(=O)c2c(F)ccc(Cl)c2F)c[nH]1. The van der Waals surface area contributed by atoms with E-state index >= 15 is 0 Å². The van der Waals surface area contributed by atoms with Gasteiger partial charge in [-0.05, 0) is 30.3 Å². The van der Waals surface area contributed by atoms with Crippen molar-refractivity contribution in [3.8, 4) is 0 Å². The summed E-state index contributed by atoms with van der Waals surface area (Å²) in [6.07, 6.45) is 4.19. The Morgan fingerprint density at radius 1 is 1.20 bits per heavy atom. The van der Waals surface area contributed by atoms with Gasteiger partial charge in [-0.1, -0.05) is 11.6 Å². The number of rotatable bonds is 4. The second-order valence-electron chi connectivity index (χ2n) is 5.05. The van der Waals surface area contributed by atoms with E-state index in [1.54, 1.807) is 18.3 Å². The maximum absolute atomic E-state index is 14.0. The molecule has 0 radical (unpaired) electrons. The molecule has 2 aromatic heterocycles. The summed E-state index contributed by atoms with van der Waals surface area (Å²) in [6.45, 7) is 0. The van der Waals surface area contributed by atoms with Crippen LogP contribution >= 0.6 is 11.6 Å². The molecule has 1 amide bonds. The Hall–Kier alpha value is -3.06. The van der Waals surface area contributed by atoms with Crippen molar-refractivity contribution in [2.24, 2.45) is 0 Å². The molecule has 2 N–H and O–H groups in total. The molecule has 2 heterocycles. The largest absolute Gasteiger partial charge is 0.356 e. The molecule has 3 rings (SSSR count). The first-order valence-corrected chi connectivity index (χ1v) is 7.43. The number of carbonyl (C=O) groups excluding carboxylic acids is 2. The van der Waals surface area contributed by atoms with E-state index in [1.165, 1.54) is 18.5 Å². The molecule has 25 heavy (non-hydrogen) atoms. The van der Waals surface area contributed by atoms with Gasteiger partial charge < -0.3 is 10.3 Å². The zero-order valence-corrected chi connectivity index (χ0v) is 13.3. The van der Waals surface area contributed by atoms with E-state index in [0.717, 1.165) is 12.1 Å². The Bertz CT molecular complexity index is 958. The molecule has 0 aliphatic carbocycles. The number of benzene rings is 1. The maximum atomic E-state index is 14.0. The van der Waals surface area contributed by atoms with Crippen LogP contribution in [0.15, 0.2) is 48.9 Å². The van der Waals surface area contributed by atoms with E-state index in [2.05, 4.69) is 15.3 Å². The summed E-state index contributed by atoms with van der Waals surface area (Å²) >= 11 is 5.59. The van der Waals surface area contributed by atoms with Crippen LogP contribution in [0, 0.1) is 11.6 Å². The highest BCUT2D eigenvalue weighted by Gasteiger charge is 2.23. The monoisotopic (exact) mass is 361 g/mol. The number of aromatic amines is 1. The second kappa shape index (κ2) is 6.82. The van der Waals surface area contributed by atoms with Gasteiger partial charge in [-0.3, -0.25) is 14.6 Å². The number of carbonyl (C=O) groups is 2. The molecule has 0 unspecified atom stereocenters. The summed E-state index contributed by atoms with van der Waals surface area (Å²) < 4.78 is 27.8. The number of nitrogens with one attached hydrogen (secondary N) is 2. The van der Waals surface area contributed by atoms with Crippen LogP contribution < -0.4 is 5.32 Å². The Morgan fingerprint density at radius 2 is 2.00 bits per heavy atom. The minimum absolute atomic E-state index is 0.0510. The number of hydrogen-bond acceptors (Lipinski definition) is 3. The van der Waals surface area contributed by atoms with Gasteiger partial charge in [0.1, 0.15) is 11.5 Å². The summed E-state index contributed by atoms with van der Waals surface area (Å²) in [5.74, 6) is -3.63. The Morgan fingerprint density at radius 3 is 2.72 bits per heavy atom. The van der Waals surface area contributed by atoms with Gasteiger partial charge in [0, 0.05) is 18.0 Å². The third-order valence-corrected chi connectivity index (χ3v) is 3.67. The van der Waals surface area contributed by atoms with Crippen LogP contribution in [0.25, 0.3) is 0 Å². The van der Waals surface area contributed by atoms with Crippen molar-refractivity contribution in [3.05, 3.63) is 82.4 Å². The molecule has 0 spiro atoms. The van der Waals surface area contributed by atoms with Crippen LogP contribution in [-0.4, -0.2) is 21.7 Å². The number of nitrogens with zero attached hydrogens (tertiary/aromatic N) is 1. The Labute approximate surface area is 145 Å². The number of amides is 1. The number of anilines is 1. The summed E-state index contributed by atoms with van der Waals surface area (Å²) in [4.78, 5) is 30.9. The molecule has 0 aliphatic heterocycles. The van der Waals surface area contributed by atoms with Gasteiger partial charge in [0.2, 0.25) is 5.78 Å². The molecule has 0 saturated carbocycles. The molecule has 0 aliphatic rings. The first kappa shape index (κ1) is 16.8. The molecule has 8 heteroatoms. The van der Waals surface area contributed by atoms with Crippen molar-refractivity contribution in [2.75, 3.05) is 5.32 Å². The lowest BCUT2D eigenvalue weighted by Crippen LogP contribution is -2.12. The van der Waals surface area contributed by atoms with Crippen LogP contribution in [0.4, 0.5) is 14.5 Å². The van der Waals surface area contributed by atoms with Gasteiger partial charge in [0.25, 0.3) is 5.91 Å². The fourth-order valence-corrected chi connectivity index (χ4v) is 2.33. The average Bonchev–Trinajstić information content (AvgIpc) is 3.09. The lowest BCUT2D eigenvalue weighted by atomic mass is 10.0. The Kier molecular flexibility index (Phi) is 4.58. The van der Waals surface area contributed by atoms with Crippen molar-refractivity contribution in [2.45, 2.75) is 0 Å². The van der Waals surface area contributed by atoms with Crippen molar-refractivity contribution in [1.82, 2.24) is 9.97 Å². The Balaban J connectivity index is 1.85. The molecule has 5 nitrogen and oxygen atoms in total. The minimum Gasteiger partial charge on any atom is -0.356 e. The third-order valence-electron chi connectivity index (χ3n) is 3.38. The normalized spacial score (nSPS) is 10.5. The van der Waals surface area contributed by atoms with E-state index in [4.69, 9.17) is 11.6 Å². The summed E-state index contributed by atoms with van der Waals surface area (Å²) in [7, 11) is 0. The highest BCUT2D eigenvalue weighted by molar-refractivity contribution is 6.31. The van der Waals surface area contributed by atoms with E-state index in [9.17, 15) is 18.4 Å². The number of halogens is 3. The van der Waals surface area contributed by atoms with Gasteiger partial charge >= 0.3 is 0 Å². The van der Waals surface area contributed by atoms with Crippen molar-refractivity contribution < 1.29 is 18.4 Å². The predicted octanol–water partition coefficient (Wildman–Crippen LogP) is 3.82. The molecule has 3 aromatic rings. The van der Waals surface area contributed by atoms with Gasteiger partial charge in [0.15, 0.2) is 5.82 Å². The zero-order valence-electron chi connectivity index (χ0n) is 12.5.